The molecule has 0 spiro atoms. The molecule has 31 heavy (non-hydrogen) atoms. The van der Waals surface area contributed by atoms with Gasteiger partial charge in [0.15, 0.2) is 5.69 Å². The minimum absolute atomic E-state index is 0.0623. The zero-order chi connectivity index (χ0) is 21.6. The molecule has 0 unspecified atom stereocenters. The van der Waals surface area contributed by atoms with E-state index >= 15 is 0 Å². The third kappa shape index (κ3) is 4.66. The Morgan fingerprint density at radius 3 is 2.74 bits per heavy atom. The minimum atomic E-state index is -0.339. The number of methoxy groups -OCH3 is 1. The van der Waals surface area contributed by atoms with Crippen LogP contribution in [0.5, 0.6) is 0 Å². The lowest BCUT2D eigenvalue weighted by Gasteiger charge is -2.21. The summed E-state index contributed by atoms with van der Waals surface area (Å²) in [7, 11) is 1.69. The first-order valence-electron chi connectivity index (χ1n) is 10.3. The zero-order valence-electron chi connectivity index (χ0n) is 17.4. The second kappa shape index (κ2) is 9.56. The fourth-order valence-electron chi connectivity index (χ4n) is 4.17. The number of anilines is 1. The molecule has 2 heterocycles. The van der Waals surface area contributed by atoms with E-state index < -0.39 is 0 Å². The largest absolute Gasteiger partial charge is 0.383 e. The molecule has 1 aliphatic heterocycles. The van der Waals surface area contributed by atoms with Crippen molar-refractivity contribution in [2.45, 2.75) is 12.0 Å². The number of nitrogens with zero attached hydrogens (tertiary/aromatic N) is 3. The molecule has 0 bridgehead atoms. The van der Waals surface area contributed by atoms with Crippen molar-refractivity contribution < 1.29 is 9.53 Å². The Labute approximate surface area is 181 Å². The van der Waals surface area contributed by atoms with Gasteiger partial charge in [-0.05, 0) is 5.56 Å². The maximum absolute atomic E-state index is 13.0. The normalized spacial score (nSPS) is 18.6. The highest BCUT2D eigenvalue weighted by molar-refractivity contribution is 6.03. The monoisotopic (exact) mass is 415 g/mol. The van der Waals surface area contributed by atoms with E-state index in [0.29, 0.717) is 12.3 Å². The van der Waals surface area contributed by atoms with Crippen LogP contribution >= 0.6 is 0 Å². The summed E-state index contributed by atoms with van der Waals surface area (Å²) >= 11 is 0. The number of ether oxygens (including phenoxy) is 1. The van der Waals surface area contributed by atoms with Crippen molar-refractivity contribution in [2.75, 3.05) is 38.7 Å². The number of likely N-dealkylation sites (tertiary alicyclic amines) is 1. The summed E-state index contributed by atoms with van der Waals surface area (Å²) in [6.07, 6.45) is 1.65. The number of carbonyl (C=O) groups excluding carboxylic acids is 1. The van der Waals surface area contributed by atoms with Gasteiger partial charge >= 0.3 is 6.03 Å². The average Bonchev–Trinajstić information content (AvgIpc) is 3.20. The zero-order valence-corrected chi connectivity index (χ0v) is 17.4. The highest BCUT2D eigenvalue weighted by Crippen LogP contribution is 2.29. The van der Waals surface area contributed by atoms with Gasteiger partial charge in [-0.25, -0.2) is 9.78 Å². The quantitative estimate of drug-likeness (QED) is 0.644. The van der Waals surface area contributed by atoms with Crippen molar-refractivity contribution in [3.05, 3.63) is 72.1 Å². The van der Waals surface area contributed by atoms with Crippen LogP contribution in [-0.2, 0) is 4.74 Å². The second-order valence-electron chi connectivity index (χ2n) is 7.66. The smallest absolute Gasteiger partial charge is 0.319 e. The second-order valence-corrected chi connectivity index (χ2v) is 7.66. The number of pyridine rings is 1. The number of aromatic nitrogens is 1. The van der Waals surface area contributed by atoms with Crippen LogP contribution in [0.3, 0.4) is 0 Å². The van der Waals surface area contributed by atoms with Crippen molar-refractivity contribution >= 4 is 22.5 Å². The molecule has 0 radical (unpaired) electrons. The number of rotatable bonds is 6. The molecule has 4 rings (SSSR count). The van der Waals surface area contributed by atoms with Crippen molar-refractivity contribution in [1.82, 2.24) is 15.2 Å². The van der Waals surface area contributed by atoms with Crippen LogP contribution in [0.2, 0.25) is 0 Å². The summed E-state index contributed by atoms with van der Waals surface area (Å²) in [4.78, 5) is 19.5. The van der Waals surface area contributed by atoms with Gasteiger partial charge in [-0.2, -0.15) is 5.26 Å². The first-order chi connectivity index (χ1) is 15.2. The molecule has 2 atom stereocenters. The highest BCUT2D eigenvalue weighted by Gasteiger charge is 2.34. The van der Waals surface area contributed by atoms with Crippen LogP contribution in [0.15, 0.2) is 60.8 Å². The molecule has 7 heteroatoms. The van der Waals surface area contributed by atoms with Gasteiger partial charge in [0.05, 0.1) is 18.3 Å². The third-order valence-corrected chi connectivity index (χ3v) is 5.70. The summed E-state index contributed by atoms with van der Waals surface area (Å²) in [5, 5.41) is 17.1. The maximum Gasteiger partial charge on any atom is 0.319 e. The van der Waals surface area contributed by atoms with Crippen molar-refractivity contribution in [2.24, 2.45) is 0 Å². The Morgan fingerprint density at radius 2 is 1.97 bits per heavy atom. The third-order valence-electron chi connectivity index (χ3n) is 5.70. The number of benzene rings is 2. The fraction of sp³-hybridized carbons (Fsp3) is 0.292. The Hall–Kier alpha value is -3.47. The van der Waals surface area contributed by atoms with Gasteiger partial charge in [0.25, 0.3) is 0 Å². The number of hydrogen-bond acceptors (Lipinski definition) is 5. The van der Waals surface area contributed by atoms with E-state index in [1.807, 2.05) is 42.5 Å². The molecule has 7 nitrogen and oxygen atoms in total. The lowest BCUT2D eigenvalue weighted by molar-refractivity contribution is 0.159. The predicted octanol–water partition coefficient (Wildman–Crippen LogP) is 3.34. The average molecular weight is 415 g/mol. The van der Waals surface area contributed by atoms with Crippen LogP contribution in [0, 0.1) is 11.3 Å². The van der Waals surface area contributed by atoms with Gasteiger partial charge in [-0.3, -0.25) is 4.90 Å². The summed E-state index contributed by atoms with van der Waals surface area (Å²) < 4.78 is 5.23. The number of hydrogen-bond donors (Lipinski definition) is 2. The summed E-state index contributed by atoms with van der Waals surface area (Å²) in [6, 6.07) is 19.5. The fourth-order valence-corrected chi connectivity index (χ4v) is 4.17. The molecule has 1 fully saturated rings. The number of nitrogens with one attached hydrogen (secondary N) is 2. The van der Waals surface area contributed by atoms with Crippen LogP contribution in [-0.4, -0.2) is 55.3 Å². The SMILES string of the molecule is COCCN1C[C@@H](NC(=O)Nc2c(C#N)ncc3ccccc23)[C@H](c2ccccc2)C1. The first kappa shape index (κ1) is 20.8. The standard InChI is InChI=1S/C24H25N5O2/c1-31-12-11-29-15-20(17-7-3-2-4-8-17)22(16-29)27-24(30)28-23-19-10-6-5-9-18(19)14-26-21(23)13-25/h2-10,14,20,22H,11-12,15-16H2,1H3,(H2,27,28,30)/t20-,22+/m0/s1. The van der Waals surface area contributed by atoms with Crippen LogP contribution in [0.25, 0.3) is 10.8 Å². The molecule has 2 amide bonds. The van der Waals surface area contributed by atoms with Crippen molar-refractivity contribution in [1.29, 1.82) is 5.26 Å². The van der Waals surface area contributed by atoms with E-state index in [0.717, 1.165) is 30.4 Å². The molecule has 1 aromatic heterocycles. The molecule has 1 aliphatic rings. The van der Waals surface area contributed by atoms with Gasteiger partial charge in [0.2, 0.25) is 0 Å². The van der Waals surface area contributed by atoms with Gasteiger partial charge < -0.3 is 15.4 Å². The maximum atomic E-state index is 13.0. The molecule has 1 saturated heterocycles. The molecular formula is C24H25N5O2. The predicted molar refractivity (Wildman–Crippen MR) is 120 cm³/mol. The van der Waals surface area contributed by atoms with E-state index in [1.54, 1.807) is 13.3 Å². The van der Waals surface area contributed by atoms with E-state index in [2.05, 4.69) is 38.7 Å². The Balaban J connectivity index is 1.54. The first-order valence-corrected chi connectivity index (χ1v) is 10.3. The van der Waals surface area contributed by atoms with Gasteiger partial charge in [0.1, 0.15) is 6.07 Å². The Kier molecular flexibility index (Phi) is 6.41. The minimum Gasteiger partial charge on any atom is -0.383 e. The highest BCUT2D eigenvalue weighted by atomic mass is 16.5. The van der Waals surface area contributed by atoms with E-state index in [9.17, 15) is 10.1 Å². The molecule has 3 aromatic rings. The topological polar surface area (TPSA) is 90.3 Å². The van der Waals surface area contributed by atoms with Gasteiger partial charge in [0, 0.05) is 49.6 Å². The lowest BCUT2D eigenvalue weighted by Crippen LogP contribution is -2.42. The number of urea groups is 1. The van der Waals surface area contributed by atoms with Crippen LogP contribution in [0.4, 0.5) is 10.5 Å². The molecule has 2 N–H and O–H groups in total. The summed E-state index contributed by atoms with van der Waals surface area (Å²) in [6.45, 7) is 3.03. The van der Waals surface area contributed by atoms with E-state index in [1.165, 1.54) is 5.56 Å². The molecule has 0 aliphatic carbocycles. The molecular weight excluding hydrogens is 390 g/mol. The van der Waals surface area contributed by atoms with Crippen molar-refractivity contribution in [3.8, 4) is 6.07 Å². The van der Waals surface area contributed by atoms with E-state index in [-0.39, 0.29) is 23.7 Å². The lowest BCUT2D eigenvalue weighted by atomic mass is 9.94. The van der Waals surface area contributed by atoms with Gasteiger partial charge in [-0.15, -0.1) is 0 Å². The Bertz CT molecular complexity index is 1100. The number of fused-ring (bicyclic) bond motifs is 1. The molecule has 158 valence electrons. The van der Waals surface area contributed by atoms with Crippen LogP contribution in [0.1, 0.15) is 17.2 Å². The number of carbonyl (C=O) groups is 1. The summed E-state index contributed by atoms with van der Waals surface area (Å²) in [5.41, 5.74) is 1.82. The van der Waals surface area contributed by atoms with Crippen LogP contribution < -0.4 is 10.6 Å². The molecule has 0 saturated carbocycles. The Morgan fingerprint density at radius 1 is 1.19 bits per heavy atom. The summed E-state index contributed by atoms with van der Waals surface area (Å²) in [5.74, 6) is 0.171. The van der Waals surface area contributed by atoms with Gasteiger partial charge in [-0.1, -0.05) is 54.6 Å². The van der Waals surface area contributed by atoms with E-state index in [4.69, 9.17) is 4.74 Å². The number of nitriles is 1. The van der Waals surface area contributed by atoms with Crippen molar-refractivity contribution in [3.63, 3.8) is 0 Å². The number of amides is 2. The molecule has 2 aromatic carbocycles.